The van der Waals surface area contributed by atoms with Gasteiger partial charge in [0.25, 0.3) is 0 Å². The predicted octanol–water partition coefficient (Wildman–Crippen LogP) is 3.03. The lowest BCUT2D eigenvalue weighted by molar-refractivity contribution is -0.120. The number of anilines is 1. The van der Waals surface area contributed by atoms with E-state index in [1.54, 1.807) is 18.8 Å². The van der Waals surface area contributed by atoms with Crippen molar-refractivity contribution in [1.82, 2.24) is 30.3 Å². The Labute approximate surface area is 221 Å². The van der Waals surface area contributed by atoms with Gasteiger partial charge >= 0.3 is 0 Å². The molecule has 0 spiro atoms. The number of carbonyl (C=O) groups is 2. The number of amides is 2. The Bertz CT molecular complexity index is 1370. The molecule has 0 aliphatic heterocycles. The number of benzene rings is 2. The number of thioether (sulfide) groups is 1. The molecule has 4 aromatic rings. The SMILES string of the molecule is COc1ccc(CC(=O)NCc2nnc(SCC(=O)Nc3nnc(C)s3)n2-c2ccccc2OC)cc1. The molecular formula is C24H25N7O4S2. The Balaban J connectivity index is 1.48. The van der Waals surface area contributed by atoms with Gasteiger partial charge in [0.05, 0.1) is 38.6 Å². The summed E-state index contributed by atoms with van der Waals surface area (Å²) in [5.41, 5.74) is 1.55. The third-order valence-electron chi connectivity index (χ3n) is 5.10. The molecule has 11 nitrogen and oxygen atoms in total. The number of aryl methyl sites for hydroxylation is 1. The Kier molecular flexibility index (Phi) is 8.69. The van der Waals surface area contributed by atoms with Gasteiger partial charge in [0, 0.05) is 0 Å². The van der Waals surface area contributed by atoms with Crippen LogP contribution in [0.25, 0.3) is 5.69 Å². The average molecular weight is 540 g/mol. The van der Waals surface area contributed by atoms with Crippen LogP contribution in [0, 0.1) is 6.92 Å². The number of hydrogen-bond donors (Lipinski definition) is 2. The van der Waals surface area contributed by atoms with E-state index >= 15 is 0 Å². The predicted molar refractivity (Wildman–Crippen MR) is 140 cm³/mol. The molecule has 2 N–H and O–H groups in total. The molecule has 0 saturated carbocycles. The smallest absolute Gasteiger partial charge is 0.236 e. The number of methoxy groups -OCH3 is 2. The van der Waals surface area contributed by atoms with E-state index in [9.17, 15) is 9.59 Å². The van der Waals surface area contributed by atoms with E-state index in [2.05, 4.69) is 31.0 Å². The Hall–Kier alpha value is -3.97. The number of ether oxygens (including phenoxy) is 2. The lowest BCUT2D eigenvalue weighted by Crippen LogP contribution is -2.26. The van der Waals surface area contributed by atoms with Gasteiger partial charge in [-0.2, -0.15) is 0 Å². The summed E-state index contributed by atoms with van der Waals surface area (Å²) in [5, 5.41) is 23.7. The highest BCUT2D eigenvalue weighted by Crippen LogP contribution is 2.29. The first-order valence-electron chi connectivity index (χ1n) is 11.2. The van der Waals surface area contributed by atoms with Crippen molar-refractivity contribution in [2.45, 2.75) is 25.0 Å². The minimum Gasteiger partial charge on any atom is -0.497 e. The second-order valence-corrected chi connectivity index (χ2v) is 9.79. The zero-order valence-corrected chi connectivity index (χ0v) is 22.1. The molecule has 4 rings (SSSR count). The van der Waals surface area contributed by atoms with Crippen molar-refractivity contribution in [2.24, 2.45) is 0 Å². The molecule has 0 radical (unpaired) electrons. The van der Waals surface area contributed by atoms with E-state index in [1.165, 1.54) is 23.1 Å². The van der Waals surface area contributed by atoms with Gasteiger partial charge in [-0.05, 0) is 36.8 Å². The molecule has 192 valence electrons. The highest BCUT2D eigenvalue weighted by Gasteiger charge is 2.19. The van der Waals surface area contributed by atoms with Crippen LogP contribution in [0.15, 0.2) is 53.7 Å². The molecule has 0 atom stereocenters. The van der Waals surface area contributed by atoms with E-state index in [0.29, 0.717) is 27.5 Å². The molecule has 0 unspecified atom stereocenters. The third kappa shape index (κ3) is 6.83. The third-order valence-corrected chi connectivity index (χ3v) is 6.78. The van der Waals surface area contributed by atoms with Gasteiger partial charge in [-0.1, -0.05) is 47.4 Å². The standard InChI is InChI=1S/C24H25N7O4S2/c1-15-27-29-23(37-15)26-22(33)14-36-24-30-28-20(31(24)18-6-4-5-7-19(18)35-3)13-25-21(32)12-16-8-10-17(34-2)11-9-16/h4-11H,12-14H2,1-3H3,(H,25,32)(H,26,29,33). The normalized spacial score (nSPS) is 10.7. The first-order valence-corrected chi connectivity index (χ1v) is 13.0. The van der Waals surface area contributed by atoms with Gasteiger partial charge in [0.2, 0.25) is 16.9 Å². The molecule has 0 aliphatic carbocycles. The Morgan fingerprint density at radius 1 is 0.973 bits per heavy atom. The van der Waals surface area contributed by atoms with Crippen LogP contribution in [-0.2, 0) is 22.6 Å². The molecule has 2 aromatic carbocycles. The fourth-order valence-corrected chi connectivity index (χ4v) is 4.74. The summed E-state index contributed by atoms with van der Waals surface area (Å²) in [7, 11) is 3.17. The Morgan fingerprint density at radius 3 is 2.46 bits per heavy atom. The molecule has 13 heteroatoms. The maximum absolute atomic E-state index is 12.6. The number of nitrogens with one attached hydrogen (secondary N) is 2. The van der Waals surface area contributed by atoms with Crippen molar-refractivity contribution < 1.29 is 19.1 Å². The van der Waals surface area contributed by atoms with Gasteiger partial charge in [0.15, 0.2) is 11.0 Å². The lowest BCUT2D eigenvalue weighted by Gasteiger charge is -2.14. The summed E-state index contributed by atoms with van der Waals surface area (Å²) in [4.78, 5) is 25.1. The van der Waals surface area contributed by atoms with Crippen molar-refractivity contribution >= 4 is 40.0 Å². The average Bonchev–Trinajstić information content (AvgIpc) is 3.51. The highest BCUT2D eigenvalue weighted by atomic mass is 32.2. The van der Waals surface area contributed by atoms with E-state index in [4.69, 9.17) is 9.47 Å². The molecule has 2 heterocycles. The number of para-hydroxylation sites is 2. The summed E-state index contributed by atoms with van der Waals surface area (Å²) in [6.45, 7) is 1.95. The summed E-state index contributed by atoms with van der Waals surface area (Å²) >= 11 is 2.51. The number of aromatic nitrogens is 5. The van der Waals surface area contributed by atoms with Gasteiger partial charge in [-0.25, -0.2) is 0 Å². The van der Waals surface area contributed by atoms with E-state index in [0.717, 1.165) is 16.3 Å². The fourth-order valence-electron chi connectivity index (χ4n) is 3.37. The summed E-state index contributed by atoms with van der Waals surface area (Å²) < 4.78 is 12.5. The first kappa shape index (κ1) is 26.1. The number of carbonyl (C=O) groups excluding carboxylic acids is 2. The zero-order valence-electron chi connectivity index (χ0n) is 20.4. The molecule has 2 amide bonds. The van der Waals surface area contributed by atoms with Crippen LogP contribution in [-0.4, -0.2) is 56.7 Å². The maximum Gasteiger partial charge on any atom is 0.236 e. The second-order valence-electron chi connectivity index (χ2n) is 7.67. The topological polar surface area (TPSA) is 133 Å². The van der Waals surface area contributed by atoms with Crippen LogP contribution in [0.5, 0.6) is 11.5 Å². The fraction of sp³-hybridized carbons (Fsp3) is 0.250. The number of hydrogen-bond acceptors (Lipinski definition) is 10. The van der Waals surface area contributed by atoms with Gasteiger partial charge in [-0.3, -0.25) is 19.5 Å². The molecule has 37 heavy (non-hydrogen) atoms. The van der Waals surface area contributed by atoms with Gasteiger partial charge in [-0.15, -0.1) is 20.4 Å². The molecule has 0 aliphatic rings. The van der Waals surface area contributed by atoms with Crippen LogP contribution in [0.3, 0.4) is 0 Å². The highest BCUT2D eigenvalue weighted by molar-refractivity contribution is 7.99. The summed E-state index contributed by atoms with van der Waals surface area (Å²) in [5.74, 6) is 1.49. The molecule has 0 fully saturated rings. The Morgan fingerprint density at radius 2 is 1.76 bits per heavy atom. The van der Waals surface area contributed by atoms with Crippen molar-refractivity contribution in [1.29, 1.82) is 0 Å². The van der Waals surface area contributed by atoms with Gasteiger partial charge < -0.3 is 14.8 Å². The quantitative estimate of drug-likeness (QED) is 0.276. The lowest BCUT2D eigenvalue weighted by atomic mass is 10.1. The van der Waals surface area contributed by atoms with Crippen LogP contribution < -0.4 is 20.1 Å². The van der Waals surface area contributed by atoms with Crippen LogP contribution in [0.4, 0.5) is 5.13 Å². The molecular weight excluding hydrogens is 514 g/mol. The monoisotopic (exact) mass is 539 g/mol. The molecule has 0 bridgehead atoms. The largest absolute Gasteiger partial charge is 0.497 e. The van der Waals surface area contributed by atoms with E-state index < -0.39 is 0 Å². The second kappa shape index (κ2) is 12.3. The minimum absolute atomic E-state index is 0.0791. The first-order chi connectivity index (χ1) is 18.0. The van der Waals surface area contributed by atoms with Crippen molar-refractivity contribution in [3.63, 3.8) is 0 Å². The zero-order chi connectivity index (χ0) is 26.2. The van der Waals surface area contributed by atoms with Crippen molar-refractivity contribution in [2.75, 3.05) is 25.3 Å². The summed E-state index contributed by atoms with van der Waals surface area (Å²) in [6.07, 6.45) is 0.208. The van der Waals surface area contributed by atoms with E-state index in [-0.39, 0.29) is 30.5 Å². The molecule has 2 aromatic heterocycles. The maximum atomic E-state index is 12.6. The van der Waals surface area contributed by atoms with Crippen molar-refractivity contribution in [3.8, 4) is 17.2 Å². The van der Waals surface area contributed by atoms with Crippen molar-refractivity contribution in [3.05, 3.63) is 64.9 Å². The van der Waals surface area contributed by atoms with Crippen LogP contribution >= 0.6 is 23.1 Å². The van der Waals surface area contributed by atoms with Crippen LogP contribution in [0.1, 0.15) is 16.4 Å². The van der Waals surface area contributed by atoms with Gasteiger partial charge in [0.1, 0.15) is 16.5 Å². The van der Waals surface area contributed by atoms with Crippen LogP contribution in [0.2, 0.25) is 0 Å². The summed E-state index contributed by atoms with van der Waals surface area (Å²) in [6, 6.07) is 14.7. The molecule has 0 saturated heterocycles. The minimum atomic E-state index is -0.245. The number of rotatable bonds is 11. The van der Waals surface area contributed by atoms with E-state index in [1.807, 2.05) is 55.5 Å². The number of nitrogens with zero attached hydrogens (tertiary/aromatic N) is 5.